The Balaban J connectivity index is 2.36. The van der Waals surface area contributed by atoms with Crippen LogP contribution in [0.15, 0.2) is 24.4 Å². The van der Waals surface area contributed by atoms with Crippen molar-refractivity contribution in [3.63, 3.8) is 0 Å². The topological polar surface area (TPSA) is 116 Å². The van der Waals surface area contributed by atoms with Gasteiger partial charge in [-0.05, 0) is 30.7 Å². The monoisotopic (exact) mass is 275 g/mol. The van der Waals surface area contributed by atoms with Gasteiger partial charge in [0.2, 0.25) is 11.8 Å². The van der Waals surface area contributed by atoms with Gasteiger partial charge in [-0.3, -0.25) is 10.1 Å². The normalized spacial score (nSPS) is 10.1. The highest BCUT2D eigenvalue weighted by Gasteiger charge is 2.17. The molecule has 3 N–H and O–H groups in total. The maximum absolute atomic E-state index is 10.9. The van der Waals surface area contributed by atoms with Gasteiger partial charge in [-0.1, -0.05) is 0 Å². The number of hydrogen-bond acceptors (Lipinski definition) is 7. The van der Waals surface area contributed by atoms with E-state index in [9.17, 15) is 10.1 Å². The van der Waals surface area contributed by atoms with E-state index in [0.717, 1.165) is 17.5 Å². The van der Waals surface area contributed by atoms with E-state index in [1.54, 1.807) is 25.3 Å². The van der Waals surface area contributed by atoms with E-state index in [1.165, 1.54) is 0 Å². The molecule has 0 radical (unpaired) electrons. The maximum atomic E-state index is 10.9. The Morgan fingerprint density at radius 3 is 2.80 bits per heavy atom. The fraction of sp³-hybridized carbons (Fsp3) is 0.167. The van der Waals surface area contributed by atoms with Crippen LogP contribution in [-0.4, -0.2) is 22.0 Å². The van der Waals surface area contributed by atoms with Crippen molar-refractivity contribution in [3.8, 4) is 5.75 Å². The van der Waals surface area contributed by atoms with E-state index < -0.39 is 4.92 Å². The molecule has 0 aliphatic rings. The summed E-state index contributed by atoms with van der Waals surface area (Å²) in [4.78, 5) is 17.8. The third-order valence-corrected chi connectivity index (χ3v) is 2.64. The molecule has 20 heavy (non-hydrogen) atoms. The zero-order chi connectivity index (χ0) is 14.7. The van der Waals surface area contributed by atoms with Crippen LogP contribution in [0.25, 0.3) is 0 Å². The highest BCUT2D eigenvalue weighted by atomic mass is 16.6. The second kappa shape index (κ2) is 5.39. The highest BCUT2D eigenvalue weighted by molar-refractivity contribution is 5.66. The first-order chi connectivity index (χ1) is 9.51. The number of aryl methyl sites for hydroxylation is 1. The largest absolute Gasteiger partial charge is 0.496 e. The minimum absolute atomic E-state index is 0.0386. The van der Waals surface area contributed by atoms with Crippen LogP contribution in [0.2, 0.25) is 0 Å². The summed E-state index contributed by atoms with van der Waals surface area (Å²) < 4.78 is 5.15. The molecule has 1 aromatic carbocycles. The average molecular weight is 275 g/mol. The molecule has 0 aliphatic carbocycles. The number of methoxy groups -OCH3 is 1. The number of anilines is 3. The van der Waals surface area contributed by atoms with Crippen molar-refractivity contribution >= 4 is 23.1 Å². The molecule has 0 spiro atoms. The molecule has 0 saturated heterocycles. The van der Waals surface area contributed by atoms with Crippen molar-refractivity contribution < 1.29 is 9.66 Å². The summed E-state index contributed by atoms with van der Waals surface area (Å²) in [6, 6.07) is 5.28. The van der Waals surface area contributed by atoms with Gasteiger partial charge in [0.05, 0.1) is 12.0 Å². The lowest BCUT2D eigenvalue weighted by Crippen LogP contribution is -2.04. The molecule has 1 heterocycles. The van der Waals surface area contributed by atoms with E-state index in [2.05, 4.69) is 15.3 Å². The van der Waals surface area contributed by atoms with Crippen LogP contribution in [0.4, 0.5) is 23.1 Å². The van der Waals surface area contributed by atoms with Crippen LogP contribution in [-0.2, 0) is 0 Å². The van der Waals surface area contributed by atoms with Gasteiger partial charge in [0.1, 0.15) is 11.9 Å². The molecule has 0 atom stereocenters. The number of aromatic nitrogens is 2. The van der Waals surface area contributed by atoms with Crippen molar-refractivity contribution in [1.82, 2.24) is 9.97 Å². The first-order valence-corrected chi connectivity index (χ1v) is 5.70. The van der Waals surface area contributed by atoms with Crippen molar-refractivity contribution in [2.24, 2.45) is 0 Å². The number of ether oxygens (including phenoxy) is 1. The maximum Gasteiger partial charge on any atom is 0.329 e. The van der Waals surface area contributed by atoms with E-state index in [1.807, 2.05) is 6.92 Å². The smallest absolute Gasteiger partial charge is 0.329 e. The fourth-order valence-corrected chi connectivity index (χ4v) is 1.71. The molecule has 2 aromatic rings. The van der Waals surface area contributed by atoms with E-state index >= 15 is 0 Å². The molecule has 0 saturated carbocycles. The third-order valence-electron chi connectivity index (χ3n) is 2.64. The number of benzene rings is 1. The van der Waals surface area contributed by atoms with Gasteiger partial charge in [0.25, 0.3) is 0 Å². The Labute approximate surface area is 114 Å². The van der Waals surface area contributed by atoms with Crippen LogP contribution in [0.5, 0.6) is 5.75 Å². The molecular weight excluding hydrogens is 262 g/mol. The Morgan fingerprint density at radius 2 is 2.20 bits per heavy atom. The summed E-state index contributed by atoms with van der Waals surface area (Å²) in [5.41, 5.74) is 6.74. The molecular formula is C12H13N5O3. The van der Waals surface area contributed by atoms with Crippen molar-refractivity contribution in [3.05, 3.63) is 40.1 Å². The molecule has 0 aliphatic heterocycles. The molecule has 0 fully saturated rings. The first kappa shape index (κ1) is 13.5. The van der Waals surface area contributed by atoms with Gasteiger partial charge >= 0.3 is 5.69 Å². The highest BCUT2D eigenvalue weighted by Crippen LogP contribution is 2.27. The SMILES string of the molecule is COc1ccc(Nc2nc(N)ncc2[N+](=O)[O-])cc1C. The second-order valence-corrected chi connectivity index (χ2v) is 4.03. The number of nitrogens with one attached hydrogen (secondary N) is 1. The summed E-state index contributed by atoms with van der Waals surface area (Å²) in [5, 5.41) is 13.8. The van der Waals surface area contributed by atoms with E-state index in [-0.39, 0.29) is 17.5 Å². The van der Waals surface area contributed by atoms with E-state index in [0.29, 0.717) is 5.69 Å². The van der Waals surface area contributed by atoms with Gasteiger partial charge in [0.15, 0.2) is 0 Å². The van der Waals surface area contributed by atoms with Crippen molar-refractivity contribution in [2.45, 2.75) is 6.92 Å². The Kier molecular flexibility index (Phi) is 3.65. The summed E-state index contributed by atoms with van der Waals surface area (Å²) in [6.07, 6.45) is 1.07. The number of rotatable bonds is 4. The van der Waals surface area contributed by atoms with Crippen LogP contribution in [0.3, 0.4) is 0 Å². The number of nitro groups is 1. The second-order valence-electron chi connectivity index (χ2n) is 4.03. The lowest BCUT2D eigenvalue weighted by molar-refractivity contribution is -0.384. The number of nitrogens with two attached hydrogens (primary N) is 1. The lowest BCUT2D eigenvalue weighted by Gasteiger charge is -2.09. The van der Waals surface area contributed by atoms with Gasteiger partial charge in [-0.15, -0.1) is 0 Å². The van der Waals surface area contributed by atoms with Crippen LogP contribution in [0.1, 0.15) is 5.56 Å². The van der Waals surface area contributed by atoms with Crippen molar-refractivity contribution in [2.75, 3.05) is 18.2 Å². The van der Waals surface area contributed by atoms with Gasteiger partial charge in [0, 0.05) is 5.69 Å². The van der Waals surface area contributed by atoms with Gasteiger partial charge in [-0.2, -0.15) is 4.98 Å². The number of nitrogens with zero attached hydrogens (tertiary/aromatic N) is 3. The molecule has 0 bridgehead atoms. The van der Waals surface area contributed by atoms with Crippen LogP contribution >= 0.6 is 0 Å². The average Bonchev–Trinajstić information content (AvgIpc) is 2.38. The Hall–Kier alpha value is -2.90. The van der Waals surface area contributed by atoms with E-state index in [4.69, 9.17) is 10.5 Å². The van der Waals surface area contributed by atoms with Crippen molar-refractivity contribution in [1.29, 1.82) is 0 Å². The summed E-state index contributed by atoms with van der Waals surface area (Å²) in [5.74, 6) is 0.739. The minimum atomic E-state index is -0.571. The van der Waals surface area contributed by atoms with Gasteiger partial charge < -0.3 is 15.8 Å². The number of hydrogen-bond donors (Lipinski definition) is 2. The van der Waals surface area contributed by atoms with Crippen LogP contribution < -0.4 is 15.8 Å². The molecule has 0 amide bonds. The predicted octanol–water partition coefficient (Wildman–Crippen LogP) is 2.03. The summed E-state index contributed by atoms with van der Waals surface area (Å²) >= 11 is 0. The zero-order valence-electron chi connectivity index (χ0n) is 11.0. The Morgan fingerprint density at radius 1 is 1.45 bits per heavy atom. The summed E-state index contributed by atoms with van der Waals surface area (Å²) in [7, 11) is 1.57. The van der Waals surface area contributed by atoms with Crippen LogP contribution in [0, 0.1) is 17.0 Å². The quantitative estimate of drug-likeness (QED) is 0.647. The number of nitrogen functional groups attached to an aromatic ring is 1. The minimum Gasteiger partial charge on any atom is -0.496 e. The zero-order valence-corrected chi connectivity index (χ0v) is 11.0. The third kappa shape index (κ3) is 2.74. The summed E-state index contributed by atoms with van der Waals surface area (Å²) in [6.45, 7) is 1.87. The Bertz CT molecular complexity index is 660. The van der Waals surface area contributed by atoms with Gasteiger partial charge in [-0.25, -0.2) is 4.98 Å². The lowest BCUT2D eigenvalue weighted by atomic mass is 10.2. The molecule has 8 nitrogen and oxygen atoms in total. The molecule has 104 valence electrons. The standard InChI is InChI=1S/C12H13N5O3/c1-7-5-8(3-4-10(7)20-2)15-11-9(17(18)19)6-14-12(13)16-11/h3-6H,1-2H3,(H3,13,14,15,16). The molecule has 2 rings (SSSR count). The molecule has 1 aromatic heterocycles. The fourth-order valence-electron chi connectivity index (χ4n) is 1.71. The first-order valence-electron chi connectivity index (χ1n) is 5.70. The molecule has 0 unspecified atom stereocenters. The predicted molar refractivity (Wildman–Crippen MR) is 74.1 cm³/mol. The molecule has 8 heteroatoms.